The average Bonchev–Trinajstić information content (AvgIpc) is 3.73. The molecule has 4 atom stereocenters. The molecule has 0 aromatic heterocycles. The van der Waals surface area contributed by atoms with E-state index in [4.69, 9.17) is 28.4 Å². The smallest absolute Gasteiger partial charge is 0.161 e. The standard InChI is InChI=1S/2C9H17NO.2C8H8O2.2C4H10.4C2H6/c1-7(2)10-8-3-4-9(10)6-11-5-8;1-7(2)10-5-8-3-4-9(6-10)11-8;2*1-2-4-8-7(3-1)9-5-6-10-8;2*1-4(2)3;4*1-2/h2*7-9H,3-6H2,1-2H3;2*1-4H,5-6H2;2*4H,1-3H3;4*1-2H3. The van der Waals surface area contributed by atoms with Crippen LogP contribution in [0, 0.1) is 11.8 Å². The summed E-state index contributed by atoms with van der Waals surface area (Å²) in [5.41, 5.74) is 0. The third-order valence-corrected chi connectivity index (χ3v) is 8.59. The Kier molecular flexibility index (Phi) is 36.1. The third-order valence-electron chi connectivity index (χ3n) is 8.59. The highest BCUT2D eigenvalue weighted by molar-refractivity contribution is 5.40. The largest absolute Gasteiger partial charge is 0.486 e. The maximum absolute atomic E-state index is 5.74. The lowest BCUT2D eigenvalue weighted by atomic mass is 10.2. The number of likely N-dealkylation sites (tertiary alicyclic amines) is 1. The van der Waals surface area contributed by atoms with Crippen LogP contribution in [0.5, 0.6) is 23.0 Å². The van der Waals surface area contributed by atoms with Gasteiger partial charge in [0, 0.05) is 37.3 Å². The molecule has 2 aromatic carbocycles. The normalized spacial score (nSPS) is 21.3. The predicted molar refractivity (Wildman–Crippen MR) is 250 cm³/mol. The molecule has 6 heterocycles. The Morgan fingerprint density at radius 2 is 0.741 bits per heavy atom. The summed E-state index contributed by atoms with van der Waals surface area (Å²) >= 11 is 0. The van der Waals surface area contributed by atoms with Gasteiger partial charge < -0.3 is 28.4 Å². The van der Waals surface area contributed by atoms with Gasteiger partial charge >= 0.3 is 0 Å². The first kappa shape index (κ1) is 57.6. The predicted octanol–water partition coefficient (Wildman–Crippen LogP) is 12.9. The van der Waals surface area contributed by atoms with Gasteiger partial charge in [-0.2, -0.15) is 0 Å². The van der Waals surface area contributed by atoms with Crippen LogP contribution in [0.25, 0.3) is 0 Å². The minimum atomic E-state index is 0.552. The zero-order valence-corrected chi connectivity index (χ0v) is 41.1. The molecule has 0 aliphatic carbocycles. The van der Waals surface area contributed by atoms with Crippen molar-refractivity contribution in [1.82, 2.24) is 9.80 Å². The van der Waals surface area contributed by atoms with E-state index in [9.17, 15) is 0 Å². The van der Waals surface area contributed by atoms with Crippen LogP contribution < -0.4 is 18.9 Å². The van der Waals surface area contributed by atoms with Gasteiger partial charge in [0.25, 0.3) is 0 Å². The van der Waals surface area contributed by atoms with Crippen molar-refractivity contribution in [3.8, 4) is 23.0 Å². The molecule has 0 radical (unpaired) electrons. The minimum absolute atomic E-state index is 0.552. The van der Waals surface area contributed by atoms with Crippen molar-refractivity contribution >= 4 is 0 Å². The van der Waals surface area contributed by atoms with Gasteiger partial charge in [-0.15, -0.1) is 0 Å². The second kappa shape index (κ2) is 36.3. The molecule has 340 valence electrons. The first-order valence-electron chi connectivity index (χ1n) is 23.4. The van der Waals surface area contributed by atoms with Crippen LogP contribution in [0.15, 0.2) is 48.5 Å². The van der Waals surface area contributed by atoms with Crippen molar-refractivity contribution in [3.05, 3.63) is 48.5 Å². The maximum Gasteiger partial charge on any atom is 0.161 e. The summed E-state index contributed by atoms with van der Waals surface area (Å²) in [5.74, 6) is 5.09. The maximum atomic E-state index is 5.74. The van der Waals surface area contributed by atoms with Crippen LogP contribution in [-0.2, 0) is 9.47 Å². The molecule has 0 N–H and O–H groups in total. The Balaban J connectivity index is 0. The Hall–Kier alpha value is -2.52. The van der Waals surface area contributed by atoms with Crippen LogP contribution in [0.4, 0.5) is 0 Å². The molecule has 8 nitrogen and oxygen atoms in total. The summed E-state index contributed by atoms with van der Waals surface area (Å²) in [6, 6.07) is 18.3. The summed E-state index contributed by atoms with van der Waals surface area (Å²) in [6.07, 6.45) is 6.38. The fourth-order valence-corrected chi connectivity index (χ4v) is 6.56. The summed E-state index contributed by atoms with van der Waals surface area (Å²) in [4.78, 5) is 5.16. The first-order valence-corrected chi connectivity index (χ1v) is 23.4. The van der Waals surface area contributed by atoms with Crippen LogP contribution in [0.2, 0.25) is 0 Å². The molecule has 0 saturated carbocycles. The Labute approximate surface area is 360 Å². The van der Waals surface area contributed by atoms with E-state index in [1.54, 1.807) is 0 Å². The summed E-state index contributed by atoms with van der Waals surface area (Å²) in [6.45, 7) is 45.0. The van der Waals surface area contributed by atoms with E-state index in [1.807, 2.05) is 104 Å². The fraction of sp³-hybridized carbons (Fsp3) is 0.760. The summed E-state index contributed by atoms with van der Waals surface area (Å²) in [5, 5.41) is 0. The lowest BCUT2D eigenvalue weighted by Crippen LogP contribution is -2.49. The van der Waals surface area contributed by atoms with E-state index < -0.39 is 0 Å². The molecule has 8 rings (SSSR count). The first-order chi connectivity index (χ1) is 27.9. The Bertz CT molecular complexity index is 1050. The van der Waals surface area contributed by atoms with Gasteiger partial charge in [-0.25, -0.2) is 0 Å². The quantitative estimate of drug-likeness (QED) is 0.297. The molecular weight excluding hydrogens is 725 g/mol. The lowest BCUT2D eigenvalue weighted by molar-refractivity contribution is -0.0480. The Morgan fingerprint density at radius 3 is 0.983 bits per heavy atom. The molecule has 4 fully saturated rings. The second-order valence-electron chi connectivity index (χ2n) is 15.7. The highest BCUT2D eigenvalue weighted by Gasteiger charge is 2.38. The van der Waals surface area contributed by atoms with E-state index in [1.165, 1.54) is 25.7 Å². The van der Waals surface area contributed by atoms with Gasteiger partial charge in [0.1, 0.15) is 26.4 Å². The fourth-order valence-electron chi connectivity index (χ4n) is 6.56. The topological polar surface area (TPSA) is 61.9 Å². The van der Waals surface area contributed by atoms with Gasteiger partial charge in [0.05, 0.1) is 25.4 Å². The van der Waals surface area contributed by atoms with Gasteiger partial charge in [-0.1, -0.05) is 121 Å². The van der Waals surface area contributed by atoms with Crippen molar-refractivity contribution in [3.63, 3.8) is 0 Å². The molecule has 6 aliphatic rings. The number of nitrogens with zero attached hydrogens (tertiary/aromatic N) is 2. The zero-order chi connectivity index (χ0) is 44.5. The van der Waals surface area contributed by atoms with E-state index >= 15 is 0 Å². The number of hydrogen-bond acceptors (Lipinski definition) is 8. The van der Waals surface area contributed by atoms with E-state index in [0.717, 1.165) is 73.2 Å². The molecule has 8 heteroatoms. The average molecular weight is 819 g/mol. The molecular formula is C50H94N2O6. The van der Waals surface area contributed by atoms with E-state index in [-0.39, 0.29) is 0 Å². The number of para-hydroxylation sites is 4. The van der Waals surface area contributed by atoms with Crippen molar-refractivity contribution in [2.24, 2.45) is 11.8 Å². The highest BCUT2D eigenvalue weighted by atomic mass is 16.6. The van der Waals surface area contributed by atoms with Crippen LogP contribution >= 0.6 is 0 Å². The van der Waals surface area contributed by atoms with E-state index in [0.29, 0.717) is 50.7 Å². The van der Waals surface area contributed by atoms with Crippen molar-refractivity contribution in [2.75, 3.05) is 52.7 Å². The molecule has 4 bridgehead atoms. The minimum Gasteiger partial charge on any atom is -0.486 e. The second-order valence-corrected chi connectivity index (χ2v) is 15.7. The number of fused-ring (bicyclic) bond motifs is 6. The van der Waals surface area contributed by atoms with Crippen LogP contribution in [-0.4, -0.2) is 98.9 Å². The number of morpholine rings is 2. The van der Waals surface area contributed by atoms with Crippen molar-refractivity contribution in [2.45, 2.75) is 187 Å². The lowest BCUT2D eigenvalue weighted by Gasteiger charge is -2.37. The number of rotatable bonds is 2. The van der Waals surface area contributed by atoms with Gasteiger partial charge in [-0.3, -0.25) is 9.80 Å². The Morgan fingerprint density at radius 1 is 0.448 bits per heavy atom. The molecule has 58 heavy (non-hydrogen) atoms. The number of benzene rings is 2. The molecule has 6 aliphatic heterocycles. The molecule has 4 saturated heterocycles. The molecule has 4 unspecified atom stereocenters. The molecule has 0 amide bonds. The highest BCUT2D eigenvalue weighted by Crippen LogP contribution is 2.31. The van der Waals surface area contributed by atoms with Gasteiger partial charge in [0.2, 0.25) is 0 Å². The molecule has 0 spiro atoms. The molecule has 2 aromatic rings. The van der Waals surface area contributed by atoms with E-state index in [2.05, 4.69) is 79.0 Å². The van der Waals surface area contributed by atoms with Crippen LogP contribution in [0.3, 0.4) is 0 Å². The van der Waals surface area contributed by atoms with Crippen LogP contribution in [0.1, 0.15) is 150 Å². The summed E-state index contributed by atoms with van der Waals surface area (Å²) in [7, 11) is 0. The van der Waals surface area contributed by atoms with Gasteiger partial charge in [0.15, 0.2) is 23.0 Å². The van der Waals surface area contributed by atoms with Gasteiger partial charge in [-0.05, 0) is 89.5 Å². The summed E-state index contributed by atoms with van der Waals surface area (Å²) < 4.78 is 32.4. The zero-order valence-electron chi connectivity index (χ0n) is 41.1. The number of hydrogen-bond donors (Lipinski definition) is 0. The third kappa shape index (κ3) is 24.5. The SMILES string of the molecule is CC.CC.CC.CC.CC(C)C.CC(C)C.CC(C)N1C2CCC1COC2.CC(C)N1CC2CCC(C1)O2.c1ccc2c(c1)OCCO2.c1ccc2c(c1)OCCO2. The monoisotopic (exact) mass is 819 g/mol. The number of ether oxygens (including phenoxy) is 6. The van der Waals surface area contributed by atoms with Crippen molar-refractivity contribution < 1.29 is 28.4 Å². The van der Waals surface area contributed by atoms with Crippen molar-refractivity contribution in [1.29, 1.82) is 0 Å².